The molecule has 0 saturated heterocycles. The van der Waals surface area contributed by atoms with Crippen molar-refractivity contribution in [2.45, 2.75) is 0 Å². The summed E-state index contributed by atoms with van der Waals surface area (Å²) in [6.45, 7) is 0. The first-order chi connectivity index (χ1) is 8.06. The Morgan fingerprint density at radius 2 is 2.29 bits per heavy atom. The number of aromatic nitrogens is 3. The predicted molar refractivity (Wildman–Crippen MR) is 54.4 cm³/mol. The number of hydrogen-bond donors (Lipinski definition) is 1. The smallest absolute Gasteiger partial charge is 0.341 e. The van der Waals surface area contributed by atoms with E-state index in [0.717, 1.165) is 12.3 Å². The van der Waals surface area contributed by atoms with Gasteiger partial charge in [-0.1, -0.05) is 0 Å². The van der Waals surface area contributed by atoms with Crippen LogP contribution in [0.1, 0.15) is 10.4 Å². The van der Waals surface area contributed by atoms with Gasteiger partial charge in [0.1, 0.15) is 11.4 Å². The average molecular weight is 237 g/mol. The van der Waals surface area contributed by atoms with Gasteiger partial charge in [0.15, 0.2) is 5.75 Å². The Morgan fingerprint density at radius 3 is 2.88 bits per heavy atom. The van der Waals surface area contributed by atoms with Gasteiger partial charge in [0.05, 0.1) is 18.6 Å². The number of carboxylic acids is 1. The number of halogens is 1. The number of hydrogen-bond acceptors (Lipinski definition) is 4. The number of rotatable bonds is 3. The first kappa shape index (κ1) is 11.1. The summed E-state index contributed by atoms with van der Waals surface area (Å²) in [5.41, 5.74) is -0.339. The van der Waals surface area contributed by atoms with Gasteiger partial charge in [0.25, 0.3) is 0 Å². The molecule has 7 heteroatoms. The summed E-state index contributed by atoms with van der Waals surface area (Å²) >= 11 is 0. The second-order valence-electron chi connectivity index (χ2n) is 3.26. The van der Waals surface area contributed by atoms with Gasteiger partial charge >= 0.3 is 5.97 Å². The maximum absolute atomic E-state index is 12.9. The number of carboxylic acid groups (broad SMARTS) is 1. The van der Waals surface area contributed by atoms with Gasteiger partial charge < -0.3 is 9.84 Å². The maximum atomic E-state index is 12.9. The van der Waals surface area contributed by atoms with Crippen LogP contribution >= 0.6 is 0 Å². The average Bonchev–Trinajstić information content (AvgIpc) is 2.66. The van der Waals surface area contributed by atoms with Crippen molar-refractivity contribution in [2.75, 3.05) is 0 Å². The van der Waals surface area contributed by atoms with Crippen LogP contribution < -0.4 is 4.74 Å². The second-order valence-corrected chi connectivity index (χ2v) is 3.26. The largest absolute Gasteiger partial charge is 0.477 e. The lowest BCUT2D eigenvalue weighted by Gasteiger charge is -2.04. The van der Waals surface area contributed by atoms with Crippen LogP contribution in [0.4, 0.5) is 4.39 Å². The van der Waals surface area contributed by atoms with Gasteiger partial charge in [-0.25, -0.2) is 14.2 Å². The van der Waals surface area contributed by atoms with Crippen molar-refractivity contribution in [3.63, 3.8) is 0 Å². The number of aryl methyl sites for hydroxylation is 1. The van der Waals surface area contributed by atoms with Gasteiger partial charge in [0, 0.05) is 7.05 Å². The second kappa shape index (κ2) is 4.20. The lowest BCUT2D eigenvalue weighted by molar-refractivity contribution is 0.0692. The molecule has 1 N–H and O–H groups in total. The van der Waals surface area contributed by atoms with Crippen LogP contribution in [0.3, 0.4) is 0 Å². The number of ether oxygens (including phenoxy) is 1. The number of carbonyl (C=O) groups is 1. The highest BCUT2D eigenvalue weighted by molar-refractivity contribution is 5.90. The number of nitrogens with zero attached hydrogens (tertiary/aromatic N) is 3. The van der Waals surface area contributed by atoms with Crippen molar-refractivity contribution in [3.8, 4) is 11.6 Å². The normalized spacial score (nSPS) is 10.2. The molecule has 0 spiro atoms. The van der Waals surface area contributed by atoms with Gasteiger partial charge in [-0.2, -0.15) is 5.10 Å². The monoisotopic (exact) mass is 237 g/mol. The highest BCUT2D eigenvalue weighted by atomic mass is 19.1. The van der Waals surface area contributed by atoms with E-state index < -0.39 is 11.8 Å². The van der Waals surface area contributed by atoms with E-state index in [0.29, 0.717) is 5.75 Å². The fraction of sp³-hybridized carbons (Fsp3) is 0.100. The minimum atomic E-state index is -1.31. The van der Waals surface area contributed by atoms with Gasteiger partial charge in [-0.15, -0.1) is 0 Å². The van der Waals surface area contributed by atoms with E-state index in [1.807, 2.05) is 0 Å². The summed E-state index contributed by atoms with van der Waals surface area (Å²) in [7, 11) is 1.68. The van der Waals surface area contributed by atoms with Crippen LogP contribution in [-0.2, 0) is 7.05 Å². The van der Waals surface area contributed by atoms with Crippen LogP contribution in [0.2, 0.25) is 0 Å². The molecule has 0 radical (unpaired) electrons. The topological polar surface area (TPSA) is 77.2 Å². The molecule has 0 bridgehead atoms. The minimum Gasteiger partial charge on any atom is -0.477 e. The number of pyridine rings is 1. The molecule has 2 heterocycles. The van der Waals surface area contributed by atoms with E-state index in [-0.39, 0.29) is 11.4 Å². The van der Waals surface area contributed by atoms with E-state index >= 15 is 0 Å². The molecule has 0 aliphatic carbocycles. The molecule has 0 aromatic carbocycles. The molecule has 6 nitrogen and oxygen atoms in total. The van der Waals surface area contributed by atoms with Crippen LogP contribution in [0.5, 0.6) is 11.6 Å². The van der Waals surface area contributed by atoms with Crippen molar-refractivity contribution < 1.29 is 19.0 Å². The zero-order valence-electron chi connectivity index (χ0n) is 8.79. The summed E-state index contributed by atoms with van der Waals surface area (Å²) in [5, 5.41) is 12.7. The molecule has 2 aromatic heterocycles. The minimum absolute atomic E-state index is 0.174. The molecule has 2 aromatic rings. The molecule has 0 aliphatic rings. The van der Waals surface area contributed by atoms with E-state index in [1.165, 1.54) is 17.1 Å². The Morgan fingerprint density at radius 1 is 1.53 bits per heavy atom. The fourth-order valence-electron chi connectivity index (χ4n) is 1.22. The van der Waals surface area contributed by atoms with Crippen molar-refractivity contribution >= 4 is 5.97 Å². The maximum Gasteiger partial charge on any atom is 0.341 e. The Balaban J connectivity index is 2.35. The summed E-state index contributed by atoms with van der Waals surface area (Å²) in [4.78, 5) is 14.5. The first-order valence-electron chi connectivity index (χ1n) is 4.61. The molecule has 0 fully saturated rings. The van der Waals surface area contributed by atoms with Crippen LogP contribution in [0, 0.1) is 5.82 Å². The van der Waals surface area contributed by atoms with E-state index in [1.54, 1.807) is 7.05 Å². The zero-order chi connectivity index (χ0) is 12.4. The molecule has 0 amide bonds. The van der Waals surface area contributed by atoms with Crippen molar-refractivity contribution in [1.82, 2.24) is 14.8 Å². The molecule has 17 heavy (non-hydrogen) atoms. The first-order valence-corrected chi connectivity index (χ1v) is 4.61. The lowest BCUT2D eigenvalue weighted by Crippen LogP contribution is -2.02. The fourth-order valence-corrected chi connectivity index (χ4v) is 1.22. The number of aromatic carboxylic acids is 1. The molecule has 2 rings (SSSR count). The Kier molecular flexibility index (Phi) is 2.73. The third-order valence-electron chi connectivity index (χ3n) is 1.94. The summed E-state index contributed by atoms with van der Waals surface area (Å²) in [5.74, 6) is -1.89. The quantitative estimate of drug-likeness (QED) is 0.874. The predicted octanol–water partition coefficient (Wildman–Crippen LogP) is 1.44. The van der Waals surface area contributed by atoms with Crippen LogP contribution in [0.15, 0.2) is 24.7 Å². The molecular weight excluding hydrogens is 229 g/mol. The molecule has 0 aliphatic heterocycles. The third kappa shape index (κ3) is 2.39. The third-order valence-corrected chi connectivity index (χ3v) is 1.94. The highest BCUT2D eigenvalue weighted by Crippen LogP contribution is 2.22. The Bertz CT molecular complexity index is 568. The van der Waals surface area contributed by atoms with E-state index in [2.05, 4.69) is 10.1 Å². The zero-order valence-corrected chi connectivity index (χ0v) is 8.79. The summed E-state index contributed by atoms with van der Waals surface area (Å²) in [6, 6.07) is 0.848. The van der Waals surface area contributed by atoms with Crippen LogP contribution in [0.25, 0.3) is 0 Å². The Hall–Kier alpha value is -2.44. The van der Waals surface area contributed by atoms with Gasteiger partial charge in [0.2, 0.25) is 5.88 Å². The molecule has 0 atom stereocenters. The van der Waals surface area contributed by atoms with Crippen molar-refractivity contribution in [1.29, 1.82) is 0 Å². The van der Waals surface area contributed by atoms with Gasteiger partial charge in [-0.05, 0) is 6.07 Å². The molecule has 0 saturated carbocycles. The van der Waals surface area contributed by atoms with Crippen molar-refractivity contribution in [2.24, 2.45) is 7.05 Å². The highest BCUT2D eigenvalue weighted by Gasteiger charge is 2.15. The SMILES string of the molecule is Cn1cc(Oc2ncc(F)cc2C(=O)O)cn1. The van der Waals surface area contributed by atoms with Crippen LogP contribution in [-0.4, -0.2) is 25.8 Å². The van der Waals surface area contributed by atoms with E-state index in [4.69, 9.17) is 9.84 Å². The Labute approximate surface area is 95.3 Å². The van der Waals surface area contributed by atoms with Gasteiger partial charge in [-0.3, -0.25) is 4.68 Å². The van der Waals surface area contributed by atoms with Crippen molar-refractivity contribution in [3.05, 3.63) is 36.0 Å². The summed E-state index contributed by atoms with van der Waals surface area (Å²) < 4.78 is 19.5. The van der Waals surface area contributed by atoms with E-state index in [9.17, 15) is 9.18 Å². The molecule has 88 valence electrons. The molecule has 0 unspecified atom stereocenters. The standard InChI is InChI=1S/C10H8FN3O3/c1-14-5-7(4-13-14)17-9-8(10(15)16)2-6(11)3-12-9/h2-5H,1H3,(H,15,16). The lowest BCUT2D eigenvalue weighted by atomic mass is 10.3. The summed E-state index contributed by atoms with van der Waals surface area (Å²) in [6.07, 6.45) is 3.82. The molecular formula is C10H8FN3O3.